The maximum atomic E-state index is 13.0. The molecule has 0 bridgehead atoms. The van der Waals surface area contributed by atoms with Crippen molar-refractivity contribution in [2.24, 2.45) is 0 Å². The number of benzene rings is 1. The van der Waals surface area contributed by atoms with Crippen LogP contribution in [-0.2, 0) is 11.3 Å². The van der Waals surface area contributed by atoms with Gasteiger partial charge >= 0.3 is 0 Å². The van der Waals surface area contributed by atoms with Gasteiger partial charge in [0.1, 0.15) is 11.5 Å². The number of hydrogen-bond donors (Lipinski definition) is 2. The van der Waals surface area contributed by atoms with Crippen molar-refractivity contribution in [1.29, 1.82) is 0 Å². The summed E-state index contributed by atoms with van der Waals surface area (Å²) in [6, 6.07) is 6.67. The molecule has 0 spiro atoms. The third-order valence-corrected chi connectivity index (χ3v) is 5.02. The lowest BCUT2D eigenvalue weighted by Crippen LogP contribution is -2.44. The molecule has 2 heterocycles. The van der Waals surface area contributed by atoms with Gasteiger partial charge < -0.3 is 10.6 Å². The highest BCUT2D eigenvalue weighted by Gasteiger charge is 2.22. The summed E-state index contributed by atoms with van der Waals surface area (Å²) in [6.45, 7) is 3.93. The van der Waals surface area contributed by atoms with Gasteiger partial charge in [0.2, 0.25) is 5.91 Å². The molecule has 138 valence electrons. The summed E-state index contributed by atoms with van der Waals surface area (Å²) < 4.78 is 13.0. The minimum Gasteiger partial charge on any atom is -0.348 e. The molecule has 2 N–H and O–H groups in total. The fourth-order valence-corrected chi connectivity index (χ4v) is 3.67. The minimum absolute atomic E-state index is 0.109. The quantitative estimate of drug-likeness (QED) is 0.841. The third kappa shape index (κ3) is 5.09. The van der Waals surface area contributed by atoms with Crippen molar-refractivity contribution in [3.05, 3.63) is 46.7 Å². The number of anilines is 1. The minimum atomic E-state index is -0.223. The summed E-state index contributed by atoms with van der Waals surface area (Å²) >= 11 is 1.23. The van der Waals surface area contributed by atoms with E-state index in [1.165, 1.54) is 30.4 Å². The van der Waals surface area contributed by atoms with Gasteiger partial charge in [-0.05, 0) is 30.5 Å². The number of halogens is 1. The third-order valence-electron chi connectivity index (χ3n) is 4.26. The second kappa shape index (κ2) is 8.37. The summed E-state index contributed by atoms with van der Waals surface area (Å²) in [6.07, 6.45) is 1.71. The van der Waals surface area contributed by atoms with Gasteiger partial charge in [0, 0.05) is 38.0 Å². The summed E-state index contributed by atoms with van der Waals surface area (Å²) in [4.78, 5) is 29.7. The molecule has 2 amide bonds. The zero-order valence-electron chi connectivity index (χ0n) is 14.5. The van der Waals surface area contributed by atoms with Crippen LogP contribution in [0.4, 0.5) is 9.52 Å². The van der Waals surface area contributed by atoms with Crippen LogP contribution >= 0.6 is 11.3 Å². The molecule has 1 aromatic heterocycles. The van der Waals surface area contributed by atoms with Gasteiger partial charge in [-0.3, -0.25) is 14.5 Å². The number of carbonyl (C=O) groups is 2. The number of hydrogen-bond acceptors (Lipinski definition) is 5. The Labute approximate surface area is 155 Å². The number of piperidine rings is 1. The van der Waals surface area contributed by atoms with Crippen molar-refractivity contribution in [2.45, 2.75) is 32.4 Å². The Kier molecular flexibility index (Phi) is 5.95. The first-order valence-electron chi connectivity index (χ1n) is 8.50. The molecule has 1 fully saturated rings. The summed E-state index contributed by atoms with van der Waals surface area (Å²) in [7, 11) is 0. The Balaban J connectivity index is 1.46. The van der Waals surface area contributed by atoms with Crippen LogP contribution in [0.15, 0.2) is 29.6 Å². The number of aromatic nitrogens is 1. The number of likely N-dealkylation sites (tertiary alicyclic amines) is 1. The predicted octanol–water partition coefficient (Wildman–Crippen LogP) is 2.64. The van der Waals surface area contributed by atoms with Crippen LogP contribution in [0.3, 0.4) is 0 Å². The molecule has 0 unspecified atom stereocenters. The first-order chi connectivity index (χ1) is 12.5. The largest absolute Gasteiger partial charge is 0.348 e. The highest BCUT2D eigenvalue weighted by molar-refractivity contribution is 7.14. The van der Waals surface area contributed by atoms with Crippen LogP contribution in [-0.4, -0.2) is 40.8 Å². The Morgan fingerprint density at radius 1 is 1.27 bits per heavy atom. The molecule has 1 saturated heterocycles. The van der Waals surface area contributed by atoms with Gasteiger partial charge in [-0.15, -0.1) is 11.3 Å². The van der Waals surface area contributed by atoms with E-state index < -0.39 is 0 Å². The number of carbonyl (C=O) groups excluding carboxylic acids is 2. The van der Waals surface area contributed by atoms with E-state index in [4.69, 9.17) is 0 Å². The molecule has 2 aromatic rings. The fraction of sp³-hybridized carbons (Fsp3) is 0.389. The highest BCUT2D eigenvalue weighted by atomic mass is 32.1. The van der Waals surface area contributed by atoms with Crippen LogP contribution in [0.2, 0.25) is 0 Å². The lowest BCUT2D eigenvalue weighted by Gasteiger charge is -2.32. The Bertz CT molecular complexity index is 770. The van der Waals surface area contributed by atoms with Gasteiger partial charge in [0.05, 0.1) is 0 Å². The Morgan fingerprint density at radius 2 is 1.96 bits per heavy atom. The smallest absolute Gasteiger partial charge is 0.271 e. The first-order valence-corrected chi connectivity index (χ1v) is 9.38. The maximum absolute atomic E-state index is 13.0. The first kappa shape index (κ1) is 18.5. The molecule has 0 atom stereocenters. The zero-order chi connectivity index (χ0) is 18.5. The van der Waals surface area contributed by atoms with E-state index in [1.807, 2.05) is 0 Å². The van der Waals surface area contributed by atoms with Crippen molar-refractivity contribution in [3.63, 3.8) is 0 Å². The van der Waals surface area contributed by atoms with Gasteiger partial charge in [0.25, 0.3) is 5.91 Å². The molecular weight excluding hydrogens is 355 g/mol. The van der Waals surface area contributed by atoms with Crippen molar-refractivity contribution in [2.75, 3.05) is 18.4 Å². The number of rotatable bonds is 5. The number of amides is 2. The van der Waals surface area contributed by atoms with E-state index >= 15 is 0 Å². The van der Waals surface area contributed by atoms with Crippen LogP contribution in [0.5, 0.6) is 0 Å². The van der Waals surface area contributed by atoms with E-state index in [0.717, 1.165) is 38.0 Å². The second-order valence-electron chi connectivity index (χ2n) is 6.37. The van der Waals surface area contributed by atoms with Gasteiger partial charge in [-0.1, -0.05) is 12.1 Å². The number of nitrogens with zero attached hydrogens (tertiary/aromatic N) is 2. The average Bonchev–Trinajstić information content (AvgIpc) is 3.06. The highest BCUT2D eigenvalue weighted by Crippen LogP contribution is 2.17. The van der Waals surface area contributed by atoms with E-state index in [9.17, 15) is 14.0 Å². The monoisotopic (exact) mass is 376 g/mol. The van der Waals surface area contributed by atoms with Gasteiger partial charge in [0.15, 0.2) is 5.13 Å². The topological polar surface area (TPSA) is 74.3 Å². The molecule has 3 rings (SSSR count). The fourth-order valence-electron chi connectivity index (χ4n) is 2.93. The molecule has 6 nitrogen and oxygen atoms in total. The molecule has 0 saturated carbocycles. The molecule has 1 aromatic carbocycles. The van der Waals surface area contributed by atoms with Crippen molar-refractivity contribution in [3.8, 4) is 0 Å². The van der Waals surface area contributed by atoms with Crippen LogP contribution in [0, 0.1) is 5.82 Å². The van der Waals surface area contributed by atoms with Gasteiger partial charge in [-0.2, -0.15) is 0 Å². The molecule has 0 radical (unpaired) electrons. The summed E-state index contributed by atoms with van der Waals surface area (Å²) in [5, 5.41) is 7.66. The van der Waals surface area contributed by atoms with E-state index in [-0.39, 0.29) is 23.7 Å². The zero-order valence-corrected chi connectivity index (χ0v) is 15.3. The SMILES string of the molecule is CC(=O)Nc1nc(C(=O)NC2CCN(Cc3ccc(F)cc3)CC2)cs1. The van der Waals surface area contributed by atoms with Crippen molar-refractivity contribution < 1.29 is 14.0 Å². The molecule has 1 aliphatic rings. The lowest BCUT2D eigenvalue weighted by molar-refractivity contribution is -0.114. The van der Waals surface area contributed by atoms with Crippen molar-refractivity contribution >= 4 is 28.3 Å². The summed E-state index contributed by atoms with van der Waals surface area (Å²) in [5.41, 5.74) is 1.41. The molecule has 8 heteroatoms. The maximum Gasteiger partial charge on any atom is 0.271 e. The van der Waals surface area contributed by atoms with Crippen LogP contribution in [0.25, 0.3) is 0 Å². The number of nitrogens with one attached hydrogen (secondary N) is 2. The molecule has 26 heavy (non-hydrogen) atoms. The molecular formula is C18H21FN4O2S. The molecule has 1 aliphatic heterocycles. The van der Waals surface area contributed by atoms with Crippen LogP contribution in [0.1, 0.15) is 35.8 Å². The second-order valence-corrected chi connectivity index (χ2v) is 7.23. The lowest BCUT2D eigenvalue weighted by atomic mass is 10.0. The van der Waals surface area contributed by atoms with E-state index in [1.54, 1.807) is 17.5 Å². The molecule has 0 aliphatic carbocycles. The summed E-state index contributed by atoms with van der Waals surface area (Å²) in [5.74, 6) is -0.645. The standard InChI is InChI=1S/C18H21FN4O2S/c1-12(24)20-18-22-16(11-26-18)17(25)21-15-6-8-23(9-7-15)10-13-2-4-14(19)5-3-13/h2-5,11,15H,6-10H2,1H3,(H,21,25)(H,20,22,24). The van der Waals surface area contributed by atoms with Crippen LogP contribution < -0.4 is 10.6 Å². The Hall–Kier alpha value is -2.32. The van der Waals surface area contributed by atoms with E-state index in [2.05, 4.69) is 20.5 Å². The number of thiazole rings is 1. The Morgan fingerprint density at radius 3 is 2.62 bits per heavy atom. The van der Waals surface area contributed by atoms with Crippen molar-refractivity contribution in [1.82, 2.24) is 15.2 Å². The van der Waals surface area contributed by atoms with Gasteiger partial charge in [-0.25, -0.2) is 9.37 Å². The van der Waals surface area contributed by atoms with E-state index in [0.29, 0.717) is 10.8 Å². The normalized spacial score (nSPS) is 15.6. The average molecular weight is 376 g/mol. The predicted molar refractivity (Wildman–Crippen MR) is 98.6 cm³/mol.